The van der Waals surface area contributed by atoms with Gasteiger partial charge >= 0.3 is 8.25 Å². The van der Waals surface area contributed by atoms with Crippen molar-refractivity contribution in [1.82, 2.24) is 0 Å². The van der Waals surface area contributed by atoms with E-state index in [9.17, 15) is 4.57 Å². The molecule has 0 aliphatic heterocycles. The summed E-state index contributed by atoms with van der Waals surface area (Å²) in [7, 11) is -2.40. The average Bonchev–Trinajstić information content (AvgIpc) is 2.50. The first-order valence-electron chi connectivity index (χ1n) is 9.21. The Labute approximate surface area is 155 Å². The molecule has 0 spiro atoms. The van der Waals surface area contributed by atoms with Crippen LogP contribution in [-0.2, 0) is 26.4 Å². The Morgan fingerprint density at radius 1 is 0.783 bits per heavy atom. The van der Waals surface area contributed by atoms with Crippen molar-refractivity contribution in [3.8, 4) is 0 Å². The molecule has 0 heterocycles. The number of hydrogen-bond acceptors (Lipinski definition) is 2. The second kappa shape index (κ2) is 22.3. The van der Waals surface area contributed by atoms with E-state index in [0.29, 0.717) is 6.61 Å². The normalized spacial score (nSPS) is 11.7. The van der Waals surface area contributed by atoms with E-state index < -0.39 is 8.25 Å². The van der Waals surface area contributed by atoms with Gasteiger partial charge in [0.2, 0.25) is 0 Å². The molecule has 136 valence electrons. The summed E-state index contributed by atoms with van der Waals surface area (Å²) in [6, 6.07) is 0. The van der Waals surface area contributed by atoms with Crippen LogP contribution in [0, 0.1) is 0 Å². The summed E-state index contributed by atoms with van der Waals surface area (Å²) in [5.41, 5.74) is 0. The van der Waals surface area contributed by atoms with E-state index in [1.165, 1.54) is 77.0 Å². The second-order valence-corrected chi connectivity index (χ2v) is 6.74. The Kier molecular flexibility index (Phi) is 24.7. The van der Waals surface area contributed by atoms with Crippen LogP contribution in [-0.4, -0.2) is 11.5 Å². The molecule has 0 fully saturated rings. The van der Waals surface area contributed by atoms with Gasteiger partial charge in [-0.15, -0.1) is 9.42 Å². The van der Waals surface area contributed by atoms with Crippen molar-refractivity contribution in [2.24, 2.45) is 0 Å². The van der Waals surface area contributed by atoms with Crippen LogP contribution in [0.3, 0.4) is 0 Å². The molecule has 0 aromatic heterocycles. The zero-order valence-electron chi connectivity index (χ0n) is 14.9. The molecule has 0 aliphatic carbocycles. The predicted octanol–water partition coefficient (Wildman–Crippen LogP) is 6.69. The van der Waals surface area contributed by atoms with Crippen molar-refractivity contribution in [3.05, 3.63) is 12.2 Å². The minimum absolute atomic E-state index is 0. The van der Waals surface area contributed by atoms with E-state index in [-0.39, 0.29) is 17.4 Å². The maximum Gasteiger partial charge on any atom is 0.694 e. The molecule has 0 saturated carbocycles. The largest absolute Gasteiger partial charge is 0.694 e. The minimum Gasteiger partial charge on any atom is -0.133 e. The first-order valence-corrected chi connectivity index (χ1v) is 10.3. The summed E-state index contributed by atoms with van der Waals surface area (Å²) in [4.78, 5) is 8.46. The SMILES string of the molecule is CCCCCCCC/C=C\CCCCCCCCO[P+](=O)O.[Cr]. The van der Waals surface area contributed by atoms with Crippen molar-refractivity contribution >= 4 is 8.25 Å². The van der Waals surface area contributed by atoms with E-state index in [1.54, 1.807) is 0 Å². The Balaban J connectivity index is 0. The monoisotopic (exact) mass is 383 g/mol. The molecule has 0 rings (SSSR count). The minimum atomic E-state index is -2.40. The van der Waals surface area contributed by atoms with E-state index in [2.05, 4.69) is 23.6 Å². The van der Waals surface area contributed by atoms with Gasteiger partial charge in [-0.3, -0.25) is 0 Å². The summed E-state index contributed by atoms with van der Waals surface area (Å²) in [5.74, 6) is 0. The van der Waals surface area contributed by atoms with Crippen LogP contribution in [0.4, 0.5) is 0 Å². The third kappa shape index (κ3) is 24.7. The van der Waals surface area contributed by atoms with Crippen LogP contribution in [0.2, 0.25) is 0 Å². The van der Waals surface area contributed by atoms with Crippen LogP contribution < -0.4 is 0 Å². The number of rotatable bonds is 17. The van der Waals surface area contributed by atoms with E-state index in [1.807, 2.05) is 0 Å². The van der Waals surface area contributed by atoms with Gasteiger partial charge in [0.25, 0.3) is 0 Å². The summed E-state index contributed by atoms with van der Waals surface area (Å²) >= 11 is 0. The molecule has 5 heteroatoms. The zero-order valence-corrected chi connectivity index (χ0v) is 17.0. The van der Waals surface area contributed by atoms with Crippen molar-refractivity contribution in [1.29, 1.82) is 0 Å². The van der Waals surface area contributed by atoms with E-state index >= 15 is 0 Å². The van der Waals surface area contributed by atoms with Crippen LogP contribution in [0.1, 0.15) is 96.8 Å². The van der Waals surface area contributed by atoms with Gasteiger partial charge in [-0.1, -0.05) is 76.9 Å². The van der Waals surface area contributed by atoms with E-state index in [0.717, 1.165) is 12.8 Å². The van der Waals surface area contributed by atoms with Gasteiger partial charge in [-0.05, 0) is 32.1 Å². The molecule has 0 amide bonds. The number of allylic oxidation sites excluding steroid dienone is 2. The topological polar surface area (TPSA) is 46.5 Å². The Hall–Kier alpha value is 0.292. The molecule has 0 saturated heterocycles. The van der Waals surface area contributed by atoms with Crippen molar-refractivity contribution < 1.29 is 31.3 Å². The van der Waals surface area contributed by atoms with Crippen molar-refractivity contribution in [3.63, 3.8) is 0 Å². The van der Waals surface area contributed by atoms with Gasteiger partial charge in [0.05, 0.1) is 0 Å². The molecule has 0 aromatic rings. The number of hydrogen-bond donors (Lipinski definition) is 1. The summed E-state index contributed by atoms with van der Waals surface area (Å²) in [6.45, 7) is 2.67. The fourth-order valence-corrected chi connectivity index (χ4v) is 2.78. The molecular weight excluding hydrogens is 347 g/mol. The fraction of sp³-hybridized carbons (Fsp3) is 0.889. The quantitative estimate of drug-likeness (QED) is 0.173. The van der Waals surface area contributed by atoms with Crippen LogP contribution in [0.25, 0.3) is 0 Å². The molecule has 1 atom stereocenters. The van der Waals surface area contributed by atoms with Crippen molar-refractivity contribution in [2.75, 3.05) is 6.61 Å². The molecule has 1 unspecified atom stereocenters. The summed E-state index contributed by atoms with van der Waals surface area (Å²) in [6.07, 6.45) is 22.4. The first kappa shape index (κ1) is 25.5. The maximum atomic E-state index is 10.3. The Bertz CT molecular complexity index is 273. The summed E-state index contributed by atoms with van der Waals surface area (Å²) < 4.78 is 14.9. The molecule has 23 heavy (non-hydrogen) atoms. The van der Waals surface area contributed by atoms with Crippen molar-refractivity contribution in [2.45, 2.75) is 96.8 Å². The van der Waals surface area contributed by atoms with E-state index in [4.69, 9.17) is 4.89 Å². The second-order valence-electron chi connectivity index (χ2n) is 6.01. The maximum absolute atomic E-state index is 10.3. The summed E-state index contributed by atoms with van der Waals surface area (Å²) in [5, 5.41) is 0. The fourth-order valence-electron chi connectivity index (χ4n) is 2.49. The molecule has 3 nitrogen and oxygen atoms in total. The third-order valence-electron chi connectivity index (χ3n) is 3.86. The Morgan fingerprint density at radius 3 is 1.70 bits per heavy atom. The van der Waals surface area contributed by atoms with Gasteiger partial charge in [-0.2, -0.15) is 0 Å². The predicted molar refractivity (Wildman–Crippen MR) is 95.2 cm³/mol. The van der Waals surface area contributed by atoms with Gasteiger partial charge in [0, 0.05) is 21.9 Å². The van der Waals surface area contributed by atoms with Gasteiger partial charge < -0.3 is 0 Å². The molecule has 1 N–H and O–H groups in total. The van der Waals surface area contributed by atoms with Gasteiger partial charge in [0.1, 0.15) is 6.61 Å². The molecule has 0 aromatic carbocycles. The smallest absolute Gasteiger partial charge is 0.133 e. The standard InChI is InChI=1S/C18H35O3P.Cr/c1-2-3-4-5-6-7-8-9-10-11-12-13-14-15-16-17-18-21-22(19)20;/h9-10H,2-8,11-18H2,1H3;/p+1/b10-9-;. The van der Waals surface area contributed by atoms with Crippen LogP contribution in [0.15, 0.2) is 12.2 Å². The first-order chi connectivity index (χ1) is 10.8. The molecule has 0 aliphatic rings. The van der Waals surface area contributed by atoms with Gasteiger partial charge in [-0.25, -0.2) is 0 Å². The molecular formula is C18H36CrO3P+. The molecule has 0 radical (unpaired) electrons. The number of unbranched alkanes of at least 4 members (excludes halogenated alkanes) is 12. The van der Waals surface area contributed by atoms with Gasteiger partial charge in [0.15, 0.2) is 0 Å². The molecule has 0 bridgehead atoms. The van der Waals surface area contributed by atoms with Crippen LogP contribution in [0.5, 0.6) is 0 Å². The average molecular weight is 383 g/mol. The Morgan fingerprint density at radius 2 is 1.22 bits per heavy atom. The third-order valence-corrected chi connectivity index (χ3v) is 4.26. The van der Waals surface area contributed by atoms with Crippen LogP contribution >= 0.6 is 8.25 Å². The zero-order chi connectivity index (χ0) is 16.3.